The Hall–Kier alpha value is -3.21. The first kappa shape index (κ1) is 18.2. The molecule has 3 aromatic rings. The standard InChI is InChI=1S/C23H24N4O/c1-17-7-5-11-20(15-17)25-23-24-13-12-21(26-23)19-10-6-14-27(16-19)22(28)18-8-3-2-4-9-18/h2-5,7-9,11-13,15,19H,6,10,14,16H2,1H3,(H,24,25,26)/t19-/m0/s1. The normalized spacial score (nSPS) is 16.6. The van der Waals surface area contributed by atoms with Gasteiger partial charge in [-0.15, -0.1) is 0 Å². The van der Waals surface area contributed by atoms with Gasteiger partial charge in [0.25, 0.3) is 5.91 Å². The molecule has 1 saturated heterocycles. The third-order valence-corrected chi connectivity index (χ3v) is 5.10. The number of aryl methyl sites for hydroxylation is 1. The van der Waals surface area contributed by atoms with Gasteiger partial charge in [0.2, 0.25) is 5.95 Å². The average molecular weight is 372 g/mol. The molecular formula is C23H24N4O. The first-order chi connectivity index (χ1) is 13.7. The van der Waals surface area contributed by atoms with Crippen LogP contribution in [-0.2, 0) is 0 Å². The molecule has 2 heterocycles. The Morgan fingerprint density at radius 3 is 2.79 bits per heavy atom. The predicted molar refractivity (Wildman–Crippen MR) is 111 cm³/mol. The number of likely N-dealkylation sites (tertiary alicyclic amines) is 1. The summed E-state index contributed by atoms with van der Waals surface area (Å²) in [5, 5.41) is 3.28. The second-order valence-electron chi connectivity index (χ2n) is 7.26. The maximum absolute atomic E-state index is 12.8. The van der Waals surface area contributed by atoms with E-state index >= 15 is 0 Å². The Labute approximate surface area is 165 Å². The molecule has 0 unspecified atom stereocenters. The Balaban J connectivity index is 1.48. The number of aromatic nitrogens is 2. The van der Waals surface area contributed by atoms with Gasteiger partial charge in [-0.2, -0.15) is 0 Å². The fourth-order valence-corrected chi connectivity index (χ4v) is 3.68. The van der Waals surface area contributed by atoms with Crippen molar-refractivity contribution in [1.29, 1.82) is 0 Å². The number of amides is 1. The highest BCUT2D eigenvalue weighted by Crippen LogP contribution is 2.27. The van der Waals surface area contributed by atoms with Crippen molar-refractivity contribution in [3.8, 4) is 0 Å². The van der Waals surface area contributed by atoms with E-state index in [2.05, 4.69) is 29.4 Å². The molecule has 2 aromatic carbocycles. The molecule has 1 N–H and O–H groups in total. The van der Waals surface area contributed by atoms with Crippen LogP contribution in [0.1, 0.15) is 40.4 Å². The third-order valence-electron chi connectivity index (χ3n) is 5.10. The monoisotopic (exact) mass is 372 g/mol. The quantitative estimate of drug-likeness (QED) is 0.730. The van der Waals surface area contributed by atoms with Crippen LogP contribution < -0.4 is 5.32 Å². The molecule has 5 nitrogen and oxygen atoms in total. The summed E-state index contributed by atoms with van der Waals surface area (Å²) in [4.78, 5) is 23.8. The van der Waals surface area contributed by atoms with Gasteiger partial charge in [0, 0.05) is 36.5 Å². The lowest BCUT2D eigenvalue weighted by atomic mass is 9.94. The van der Waals surface area contributed by atoms with Crippen molar-refractivity contribution in [2.24, 2.45) is 0 Å². The summed E-state index contributed by atoms with van der Waals surface area (Å²) in [7, 11) is 0. The number of hydrogen-bond donors (Lipinski definition) is 1. The molecule has 28 heavy (non-hydrogen) atoms. The summed E-state index contributed by atoms with van der Waals surface area (Å²) in [5.74, 6) is 0.912. The van der Waals surface area contributed by atoms with E-state index in [-0.39, 0.29) is 11.8 Å². The van der Waals surface area contributed by atoms with Crippen molar-refractivity contribution in [2.45, 2.75) is 25.7 Å². The Bertz CT molecular complexity index is 958. The molecule has 0 aliphatic carbocycles. The summed E-state index contributed by atoms with van der Waals surface area (Å²) in [5.41, 5.74) is 3.88. The number of carbonyl (C=O) groups is 1. The number of nitrogens with zero attached hydrogens (tertiary/aromatic N) is 3. The number of hydrogen-bond acceptors (Lipinski definition) is 4. The number of nitrogens with one attached hydrogen (secondary N) is 1. The largest absolute Gasteiger partial charge is 0.338 e. The van der Waals surface area contributed by atoms with Gasteiger partial charge in [0.1, 0.15) is 0 Å². The highest BCUT2D eigenvalue weighted by Gasteiger charge is 2.26. The van der Waals surface area contributed by atoms with Crippen LogP contribution in [-0.4, -0.2) is 33.9 Å². The lowest BCUT2D eigenvalue weighted by Crippen LogP contribution is -2.39. The Kier molecular flexibility index (Phi) is 5.33. The Morgan fingerprint density at radius 2 is 1.96 bits per heavy atom. The van der Waals surface area contributed by atoms with Crippen LogP contribution >= 0.6 is 0 Å². The van der Waals surface area contributed by atoms with E-state index in [9.17, 15) is 4.79 Å². The first-order valence-electron chi connectivity index (χ1n) is 9.70. The van der Waals surface area contributed by atoms with Crippen LogP contribution in [0.5, 0.6) is 0 Å². The minimum absolute atomic E-state index is 0.0949. The van der Waals surface area contributed by atoms with Crippen LogP contribution in [0.2, 0.25) is 0 Å². The van der Waals surface area contributed by atoms with E-state index in [0.29, 0.717) is 12.5 Å². The minimum atomic E-state index is 0.0949. The molecule has 0 spiro atoms. The highest BCUT2D eigenvalue weighted by atomic mass is 16.2. The minimum Gasteiger partial charge on any atom is -0.338 e. The van der Waals surface area contributed by atoms with E-state index in [1.807, 2.05) is 53.4 Å². The molecule has 1 amide bonds. The maximum Gasteiger partial charge on any atom is 0.253 e. The van der Waals surface area contributed by atoms with E-state index in [4.69, 9.17) is 4.98 Å². The van der Waals surface area contributed by atoms with E-state index in [1.54, 1.807) is 6.20 Å². The van der Waals surface area contributed by atoms with E-state index in [1.165, 1.54) is 5.56 Å². The van der Waals surface area contributed by atoms with Gasteiger partial charge in [-0.05, 0) is 55.7 Å². The fraction of sp³-hybridized carbons (Fsp3) is 0.261. The summed E-state index contributed by atoms with van der Waals surface area (Å²) < 4.78 is 0. The summed E-state index contributed by atoms with van der Waals surface area (Å²) >= 11 is 0. The lowest BCUT2D eigenvalue weighted by Gasteiger charge is -2.32. The fourth-order valence-electron chi connectivity index (χ4n) is 3.68. The van der Waals surface area contributed by atoms with Crippen LogP contribution in [0.3, 0.4) is 0 Å². The molecule has 1 aliphatic rings. The molecule has 1 aliphatic heterocycles. The molecule has 1 aromatic heterocycles. The summed E-state index contributed by atoms with van der Waals surface area (Å²) in [6, 6.07) is 19.6. The molecule has 4 rings (SSSR count). The SMILES string of the molecule is Cc1cccc(Nc2nccc([C@H]3CCCN(C(=O)c4ccccc4)C3)n2)c1. The molecule has 1 fully saturated rings. The van der Waals surface area contributed by atoms with E-state index in [0.717, 1.165) is 36.3 Å². The second kappa shape index (κ2) is 8.21. The van der Waals surface area contributed by atoms with Gasteiger partial charge < -0.3 is 10.2 Å². The Morgan fingerprint density at radius 1 is 1.11 bits per heavy atom. The summed E-state index contributed by atoms with van der Waals surface area (Å²) in [6.45, 7) is 3.54. The van der Waals surface area contributed by atoms with Gasteiger partial charge in [-0.1, -0.05) is 30.3 Å². The predicted octanol–water partition coefficient (Wildman–Crippen LogP) is 4.55. The second-order valence-corrected chi connectivity index (χ2v) is 7.26. The lowest BCUT2D eigenvalue weighted by molar-refractivity contribution is 0.0706. The van der Waals surface area contributed by atoms with Gasteiger partial charge >= 0.3 is 0 Å². The molecule has 0 radical (unpaired) electrons. The molecule has 142 valence electrons. The van der Waals surface area contributed by atoms with E-state index < -0.39 is 0 Å². The topological polar surface area (TPSA) is 58.1 Å². The average Bonchev–Trinajstić information content (AvgIpc) is 2.74. The van der Waals surface area contributed by atoms with Gasteiger partial charge in [-0.3, -0.25) is 4.79 Å². The number of piperidine rings is 1. The molecule has 0 bridgehead atoms. The molecular weight excluding hydrogens is 348 g/mol. The van der Waals surface area contributed by atoms with Crippen LogP contribution in [0.4, 0.5) is 11.6 Å². The van der Waals surface area contributed by atoms with Gasteiger partial charge in [-0.25, -0.2) is 9.97 Å². The summed E-state index contributed by atoms with van der Waals surface area (Å²) in [6.07, 6.45) is 3.80. The zero-order chi connectivity index (χ0) is 19.3. The molecule has 0 saturated carbocycles. The van der Waals surface area contributed by atoms with Gasteiger partial charge in [0.15, 0.2) is 0 Å². The van der Waals surface area contributed by atoms with Crippen LogP contribution in [0, 0.1) is 6.92 Å². The van der Waals surface area contributed by atoms with Crippen LogP contribution in [0.25, 0.3) is 0 Å². The highest BCUT2D eigenvalue weighted by molar-refractivity contribution is 5.94. The van der Waals surface area contributed by atoms with Crippen molar-refractivity contribution < 1.29 is 4.79 Å². The molecule has 1 atom stereocenters. The number of carbonyl (C=O) groups excluding carboxylic acids is 1. The smallest absolute Gasteiger partial charge is 0.253 e. The number of anilines is 2. The first-order valence-corrected chi connectivity index (χ1v) is 9.70. The molecule has 5 heteroatoms. The van der Waals surface area contributed by atoms with Crippen molar-refractivity contribution in [3.05, 3.63) is 83.7 Å². The van der Waals surface area contributed by atoms with Crippen molar-refractivity contribution in [2.75, 3.05) is 18.4 Å². The zero-order valence-corrected chi connectivity index (χ0v) is 16.0. The number of rotatable bonds is 4. The number of benzene rings is 2. The van der Waals surface area contributed by atoms with Crippen molar-refractivity contribution in [3.63, 3.8) is 0 Å². The van der Waals surface area contributed by atoms with Crippen molar-refractivity contribution >= 4 is 17.5 Å². The van der Waals surface area contributed by atoms with Crippen molar-refractivity contribution in [1.82, 2.24) is 14.9 Å². The van der Waals surface area contributed by atoms with Gasteiger partial charge in [0.05, 0.1) is 5.69 Å². The zero-order valence-electron chi connectivity index (χ0n) is 16.0. The third kappa shape index (κ3) is 4.19. The maximum atomic E-state index is 12.8. The van der Waals surface area contributed by atoms with Crippen LogP contribution in [0.15, 0.2) is 66.9 Å².